The summed E-state index contributed by atoms with van der Waals surface area (Å²) in [5.41, 5.74) is 1.55. The Balaban J connectivity index is 1.29. The van der Waals surface area contributed by atoms with Gasteiger partial charge in [-0.15, -0.1) is 0 Å². The molecule has 1 unspecified atom stereocenters. The van der Waals surface area contributed by atoms with E-state index in [2.05, 4.69) is 12.1 Å². The Hall–Kier alpha value is -1.83. The molecule has 174 valence electrons. The molecule has 0 aromatic heterocycles. The molecule has 2 aromatic carbocycles. The molecule has 1 saturated carbocycles. The monoisotopic (exact) mass is 444 g/mol. The van der Waals surface area contributed by atoms with Crippen LogP contribution in [0.1, 0.15) is 48.6 Å². The third-order valence-corrected chi connectivity index (χ3v) is 6.83. The third-order valence-electron chi connectivity index (χ3n) is 6.83. The summed E-state index contributed by atoms with van der Waals surface area (Å²) in [5, 5.41) is 9.75. The van der Waals surface area contributed by atoms with Gasteiger partial charge < -0.3 is 24.1 Å². The molecule has 2 aromatic rings. The summed E-state index contributed by atoms with van der Waals surface area (Å²) in [6, 6.07) is 20.0. The lowest BCUT2D eigenvalue weighted by molar-refractivity contribution is -0.304. The molecule has 1 saturated heterocycles. The second-order valence-electron chi connectivity index (χ2n) is 8.88. The van der Waals surface area contributed by atoms with Crippen LogP contribution in [0, 0.1) is 0 Å². The molecule has 1 heterocycles. The minimum Gasteiger partial charge on any atom is -0.396 e. The van der Waals surface area contributed by atoms with Crippen molar-refractivity contribution in [2.24, 2.45) is 0 Å². The van der Waals surface area contributed by atoms with Crippen molar-refractivity contribution in [3.05, 3.63) is 71.8 Å². The van der Waals surface area contributed by atoms with Gasteiger partial charge in [-0.05, 0) is 24.0 Å². The molecule has 1 aliphatic heterocycles. The van der Waals surface area contributed by atoms with Crippen molar-refractivity contribution in [3.8, 4) is 0 Å². The van der Waals surface area contributed by atoms with Crippen molar-refractivity contribution < 1.29 is 28.4 Å². The van der Waals surface area contributed by atoms with E-state index in [0.29, 0.717) is 45.5 Å². The highest BCUT2D eigenvalue weighted by molar-refractivity contribution is 5.20. The van der Waals surface area contributed by atoms with E-state index in [9.17, 15) is 9.50 Å². The predicted molar refractivity (Wildman–Crippen MR) is 119 cm³/mol. The molecule has 1 aliphatic carbocycles. The van der Waals surface area contributed by atoms with Crippen LogP contribution < -0.4 is 0 Å². The van der Waals surface area contributed by atoms with Gasteiger partial charge in [0.2, 0.25) is 0 Å². The first kappa shape index (κ1) is 23.3. The van der Waals surface area contributed by atoms with Gasteiger partial charge in [-0.3, -0.25) is 0 Å². The van der Waals surface area contributed by atoms with Gasteiger partial charge in [0.05, 0.1) is 38.6 Å². The second-order valence-corrected chi connectivity index (χ2v) is 8.88. The first-order valence-electron chi connectivity index (χ1n) is 11.4. The van der Waals surface area contributed by atoms with E-state index >= 15 is 0 Å². The fourth-order valence-corrected chi connectivity index (χ4v) is 4.70. The Morgan fingerprint density at radius 3 is 2.16 bits per heavy atom. The molecular formula is C26H33FO5. The fraction of sp³-hybridized carbons (Fsp3) is 0.538. The number of ether oxygens (including phenoxy) is 4. The van der Waals surface area contributed by atoms with Crippen molar-refractivity contribution >= 4 is 0 Å². The molecule has 5 nitrogen and oxygen atoms in total. The topological polar surface area (TPSA) is 57.2 Å². The lowest BCUT2D eigenvalue weighted by atomic mass is 9.81. The Labute approximate surface area is 189 Å². The Morgan fingerprint density at radius 1 is 0.938 bits per heavy atom. The number of aliphatic hydroxyl groups is 1. The Bertz CT molecular complexity index is 797. The SMILES string of the molecule is OCC(COCC1(OCF)CCC2(CC1)OCC(c1ccccc1)CO2)c1ccccc1. The van der Waals surface area contributed by atoms with Gasteiger partial charge >= 0.3 is 0 Å². The number of rotatable bonds is 9. The molecule has 2 aliphatic rings. The zero-order valence-corrected chi connectivity index (χ0v) is 18.5. The normalized spacial score (nSPS) is 29.1. The maximum Gasteiger partial charge on any atom is 0.189 e. The molecule has 1 spiro atoms. The van der Waals surface area contributed by atoms with Gasteiger partial charge in [-0.1, -0.05) is 60.7 Å². The van der Waals surface area contributed by atoms with Crippen LogP contribution in [0.25, 0.3) is 0 Å². The second kappa shape index (κ2) is 10.9. The van der Waals surface area contributed by atoms with Crippen LogP contribution in [0.15, 0.2) is 60.7 Å². The van der Waals surface area contributed by atoms with Crippen LogP contribution in [0.2, 0.25) is 0 Å². The number of benzene rings is 2. The van der Waals surface area contributed by atoms with Crippen LogP contribution in [0.5, 0.6) is 0 Å². The first-order chi connectivity index (χ1) is 15.7. The molecule has 1 atom stereocenters. The lowest BCUT2D eigenvalue weighted by Gasteiger charge is -2.48. The highest BCUT2D eigenvalue weighted by Crippen LogP contribution is 2.43. The smallest absolute Gasteiger partial charge is 0.189 e. The largest absolute Gasteiger partial charge is 0.396 e. The van der Waals surface area contributed by atoms with E-state index in [-0.39, 0.29) is 25.0 Å². The molecule has 32 heavy (non-hydrogen) atoms. The number of alkyl halides is 1. The molecule has 6 heteroatoms. The summed E-state index contributed by atoms with van der Waals surface area (Å²) in [4.78, 5) is 0. The summed E-state index contributed by atoms with van der Waals surface area (Å²) in [7, 11) is 0. The minimum absolute atomic E-state index is 0.00560. The van der Waals surface area contributed by atoms with Gasteiger partial charge in [-0.2, -0.15) is 0 Å². The fourth-order valence-electron chi connectivity index (χ4n) is 4.70. The number of hydrogen-bond donors (Lipinski definition) is 1. The summed E-state index contributed by atoms with van der Waals surface area (Å²) >= 11 is 0. The van der Waals surface area contributed by atoms with Crippen LogP contribution in [0.3, 0.4) is 0 Å². The molecule has 2 fully saturated rings. The highest BCUT2D eigenvalue weighted by Gasteiger charge is 2.47. The minimum atomic E-state index is -0.851. The van der Waals surface area contributed by atoms with Gasteiger partial charge in [0.1, 0.15) is 0 Å². The Morgan fingerprint density at radius 2 is 1.56 bits per heavy atom. The summed E-state index contributed by atoms with van der Waals surface area (Å²) < 4.78 is 37.2. The molecule has 0 radical (unpaired) electrons. The van der Waals surface area contributed by atoms with Crippen molar-refractivity contribution in [2.75, 3.05) is 39.9 Å². The van der Waals surface area contributed by atoms with Crippen LogP contribution >= 0.6 is 0 Å². The highest BCUT2D eigenvalue weighted by atomic mass is 19.1. The van der Waals surface area contributed by atoms with Gasteiger partial charge in [0, 0.05) is 24.7 Å². The van der Waals surface area contributed by atoms with E-state index in [1.54, 1.807) is 0 Å². The predicted octanol–water partition coefficient (Wildman–Crippen LogP) is 4.56. The molecule has 1 N–H and O–H groups in total. The van der Waals surface area contributed by atoms with Crippen LogP contribution in [-0.4, -0.2) is 56.4 Å². The van der Waals surface area contributed by atoms with Crippen molar-refractivity contribution in [3.63, 3.8) is 0 Å². The summed E-state index contributed by atoms with van der Waals surface area (Å²) in [6.45, 7) is 1.02. The zero-order valence-electron chi connectivity index (χ0n) is 18.5. The zero-order chi connectivity index (χ0) is 22.3. The van der Waals surface area contributed by atoms with Crippen LogP contribution in [-0.2, 0) is 18.9 Å². The first-order valence-corrected chi connectivity index (χ1v) is 11.4. The number of hydrogen-bond acceptors (Lipinski definition) is 5. The van der Waals surface area contributed by atoms with E-state index < -0.39 is 18.2 Å². The van der Waals surface area contributed by atoms with E-state index in [0.717, 1.165) is 5.56 Å². The number of halogens is 1. The van der Waals surface area contributed by atoms with Crippen LogP contribution in [0.4, 0.5) is 4.39 Å². The standard InChI is InChI=1S/C26H33FO5/c27-20-32-25(19-29-16-23(15-28)21-7-3-1-4-8-21)11-13-26(14-12-25)30-17-24(18-31-26)22-9-5-2-6-10-22/h1-10,23-24,28H,11-20H2. The average Bonchev–Trinajstić information content (AvgIpc) is 2.86. The summed E-state index contributed by atoms with van der Waals surface area (Å²) in [5.74, 6) is -0.507. The van der Waals surface area contributed by atoms with Gasteiger partial charge in [0.25, 0.3) is 0 Å². The molecular weight excluding hydrogens is 411 g/mol. The van der Waals surface area contributed by atoms with Crippen molar-refractivity contribution in [1.29, 1.82) is 0 Å². The van der Waals surface area contributed by atoms with E-state index in [4.69, 9.17) is 18.9 Å². The average molecular weight is 445 g/mol. The molecule has 0 amide bonds. The maximum absolute atomic E-state index is 13.2. The lowest BCUT2D eigenvalue weighted by Crippen LogP contribution is -2.52. The van der Waals surface area contributed by atoms with Crippen molar-refractivity contribution in [2.45, 2.75) is 48.9 Å². The quantitative estimate of drug-likeness (QED) is 0.614. The van der Waals surface area contributed by atoms with E-state index in [1.165, 1.54) is 5.56 Å². The molecule has 4 rings (SSSR count). The number of aliphatic hydroxyl groups excluding tert-OH is 1. The van der Waals surface area contributed by atoms with E-state index in [1.807, 2.05) is 48.5 Å². The third kappa shape index (κ3) is 5.56. The maximum atomic E-state index is 13.2. The van der Waals surface area contributed by atoms with Gasteiger partial charge in [0.15, 0.2) is 12.6 Å². The van der Waals surface area contributed by atoms with Crippen molar-refractivity contribution in [1.82, 2.24) is 0 Å². The van der Waals surface area contributed by atoms with Gasteiger partial charge in [-0.25, -0.2) is 4.39 Å². The summed E-state index contributed by atoms with van der Waals surface area (Å²) in [6.07, 6.45) is 2.48. The Kier molecular flexibility index (Phi) is 7.92. The molecule has 0 bridgehead atoms.